The van der Waals surface area contributed by atoms with Gasteiger partial charge in [-0.05, 0) is 12.1 Å². The van der Waals surface area contributed by atoms with Crippen LogP contribution in [-0.4, -0.2) is 16.9 Å². The van der Waals surface area contributed by atoms with E-state index < -0.39 is 6.55 Å². The summed E-state index contributed by atoms with van der Waals surface area (Å²) in [5.74, 6) is 0.775. The van der Waals surface area contributed by atoms with Crippen molar-refractivity contribution in [3.05, 3.63) is 47.8 Å². The molecule has 1 aromatic heterocycles. The third-order valence-electron chi connectivity index (χ3n) is 2.75. The van der Waals surface area contributed by atoms with Crippen LogP contribution in [0.4, 0.5) is 8.78 Å². The fourth-order valence-electron chi connectivity index (χ4n) is 1.83. The van der Waals surface area contributed by atoms with Gasteiger partial charge in [0, 0.05) is 24.8 Å². The Morgan fingerprint density at radius 3 is 2.70 bits per heavy atom. The van der Waals surface area contributed by atoms with E-state index in [1.165, 1.54) is 6.20 Å². The fourth-order valence-corrected chi connectivity index (χ4v) is 1.83. The van der Waals surface area contributed by atoms with Crippen LogP contribution in [0.2, 0.25) is 0 Å². The third-order valence-corrected chi connectivity index (χ3v) is 2.75. The minimum atomic E-state index is -2.61. The van der Waals surface area contributed by atoms with Crippen LogP contribution in [0.15, 0.2) is 36.5 Å². The summed E-state index contributed by atoms with van der Waals surface area (Å²) in [6.45, 7) is -1.75. The van der Waals surface area contributed by atoms with E-state index in [-0.39, 0.29) is 12.4 Å². The minimum absolute atomic E-state index is 0. The van der Waals surface area contributed by atoms with Gasteiger partial charge in [-0.2, -0.15) is 13.9 Å². The molecule has 0 spiro atoms. The van der Waals surface area contributed by atoms with Gasteiger partial charge < -0.3 is 10.1 Å². The highest BCUT2D eigenvalue weighted by Gasteiger charge is 2.11. The summed E-state index contributed by atoms with van der Waals surface area (Å²) in [6, 6.07) is 9.15. The van der Waals surface area contributed by atoms with Crippen LogP contribution in [0.1, 0.15) is 17.8 Å². The molecule has 7 heteroatoms. The predicted molar refractivity (Wildman–Crippen MR) is 74.3 cm³/mol. The molecule has 0 aliphatic rings. The number of aromatic nitrogens is 2. The van der Waals surface area contributed by atoms with Gasteiger partial charge in [-0.1, -0.05) is 18.2 Å². The standard InChI is InChI=1S/C13H15F2N3O.ClH/c1-19-12-5-3-2-4-10(12)8-16-9-11-6-7-17-18(11)13(14)15;/h2-7,13,16H,8-9H2,1H3;1H. The largest absolute Gasteiger partial charge is 0.496 e. The number of hydrogen-bond donors (Lipinski definition) is 1. The summed E-state index contributed by atoms with van der Waals surface area (Å²) in [6.07, 6.45) is 1.37. The summed E-state index contributed by atoms with van der Waals surface area (Å²) in [5.41, 5.74) is 1.43. The van der Waals surface area contributed by atoms with Gasteiger partial charge in [0.2, 0.25) is 0 Å². The van der Waals surface area contributed by atoms with E-state index in [2.05, 4.69) is 10.4 Å². The Kier molecular flexibility index (Phi) is 6.41. The number of halogens is 3. The fraction of sp³-hybridized carbons (Fsp3) is 0.308. The molecule has 110 valence electrons. The minimum Gasteiger partial charge on any atom is -0.496 e. The second-order valence-corrected chi connectivity index (χ2v) is 3.96. The van der Waals surface area contributed by atoms with Crippen molar-refractivity contribution >= 4 is 12.4 Å². The van der Waals surface area contributed by atoms with E-state index >= 15 is 0 Å². The molecule has 2 rings (SSSR count). The highest BCUT2D eigenvalue weighted by Crippen LogP contribution is 2.17. The molecular weight excluding hydrogens is 288 g/mol. The molecule has 2 aromatic rings. The number of nitrogens with zero attached hydrogens (tertiary/aromatic N) is 2. The number of rotatable bonds is 6. The molecular formula is C13H16ClF2N3O. The van der Waals surface area contributed by atoms with Crippen molar-refractivity contribution in [3.63, 3.8) is 0 Å². The van der Waals surface area contributed by atoms with Crippen molar-refractivity contribution in [1.29, 1.82) is 0 Å². The molecule has 20 heavy (non-hydrogen) atoms. The zero-order valence-electron chi connectivity index (χ0n) is 10.9. The summed E-state index contributed by atoms with van der Waals surface area (Å²) in [4.78, 5) is 0. The molecule has 0 fully saturated rings. The van der Waals surface area contributed by atoms with Gasteiger partial charge in [0.25, 0.3) is 0 Å². The van der Waals surface area contributed by atoms with E-state index in [0.717, 1.165) is 11.3 Å². The zero-order chi connectivity index (χ0) is 13.7. The molecule has 1 heterocycles. The van der Waals surface area contributed by atoms with Gasteiger partial charge in [-0.3, -0.25) is 0 Å². The second kappa shape index (κ2) is 7.81. The highest BCUT2D eigenvalue weighted by atomic mass is 35.5. The van der Waals surface area contributed by atoms with E-state index in [9.17, 15) is 8.78 Å². The Bertz CT molecular complexity index is 534. The van der Waals surface area contributed by atoms with Crippen LogP contribution >= 0.6 is 12.4 Å². The number of benzene rings is 1. The maximum atomic E-state index is 12.6. The first-order valence-corrected chi connectivity index (χ1v) is 5.85. The molecule has 1 N–H and O–H groups in total. The maximum Gasteiger partial charge on any atom is 0.333 e. The Labute approximate surface area is 122 Å². The second-order valence-electron chi connectivity index (χ2n) is 3.96. The van der Waals surface area contributed by atoms with Crippen molar-refractivity contribution in [2.24, 2.45) is 0 Å². The van der Waals surface area contributed by atoms with Gasteiger partial charge in [0.1, 0.15) is 5.75 Å². The first kappa shape index (κ1) is 16.4. The van der Waals surface area contributed by atoms with Gasteiger partial charge in [0.05, 0.1) is 12.8 Å². The van der Waals surface area contributed by atoms with Crippen LogP contribution in [0, 0.1) is 0 Å². The predicted octanol–water partition coefficient (Wildman–Crippen LogP) is 3.00. The van der Waals surface area contributed by atoms with Gasteiger partial charge in [-0.25, -0.2) is 4.68 Å². The maximum absolute atomic E-state index is 12.6. The lowest BCUT2D eigenvalue weighted by Gasteiger charge is -2.10. The SMILES string of the molecule is COc1ccccc1CNCc1ccnn1C(F)F.Cl. The lowest BCUT2D eigenvalue weighted by Crippen LogP contribution is -2.17. The first-order chi connectivity index (χ1) is 9.22. The number of hydrogen-bond acceptors (Lipinski definition) is 3. The highest BCUT2D eigenvalue weighted by molar-refractivity contribution is 5.85. The molecule has 4 nitrogen and oxygen atoms in total. The number of alkyl halides is 2. The van der Waals surface area contributed by atoms with Gasteiger partial charge >= 0.3 is 6.55 Å². The van der Waals surface area contributed by atoms with Gasteiger partial charge in [-0.15, -0.1) is 12.4 Å². The van der Waals surface area contributed by atoms with Crippen LogP contribution in [0.5, 0.6) is 5.75 Å². The van der Waals surface area contributed by atoms with Gasteiger partial charge in [0.15, 0.2) is 0 Å². The summed E-state index contributed by atoms with van der Waals surface area (Å²) < 4.78 is 31.1. The van der Waals surface area contributed by atoms with Crippen molar-refractivity contribution in [2.45, 2.75) is 19.6 Å². The van der Waals surface area contributed by atoms with Crippen molar-refractivity contribution in [2.75, 3.05) is 7.11 Å². The Balaban J connectivity index is 0.00000200. The molecule has 0 saturated carbocycles. The summed E-state index contributed by atoms with van der Waals surface area (Å²) in [5, 5.41) is 6.68. The molecule has 0 bridgehead atoms. The van der Waals surface area contributed by atoms with E-state index in [1.807, 2.05) is 24.3 Å². The third kappa shape index (κ3) is 3.91. The molecule has 1 aromatic carbocycles. The Morgan fingerprint density at radius 1 is 1.25 bits per heavy atom. The lowest BCUT2D eigenvalue weighted by molar-refractivity contribution is 0.0531. The number of para-hydroxylation sites is 1. The quantitative estimate of drug-likeness (QED) is 0.891. The average Bonchev–Trinajstić information content (AvgIpc) is 2.88. The number of ether oxygens (including phenoxy) is 1. The summed E-state index contributed by atoms with van der Waals surface area (Å²) >= 11 is 0. The monoisotopic (exact) mass is 303 g/mol. The Morgan fingerprint density at radius 2 is 2.00 bits per heavy atom. The lowest BCUT2D eigenvalue weighted by atomic mass is 10.2. The van der Waals surface area contributed by atoms with Crippen LogP contribution in [0.3, 0.4) is 0 Å². The van der Waals surface area contributed by atoms with Crippen molar-refractivity contribution in [1.82, 2.24) is 15.1 Å². The molecule has 0 amide bonds. The molecule has 0 aliphatic heterocycles. The van der Waals surface area contributed by atoms with Crippen LogP contribution < -0.4 is 10.1 Å². The molecule has 0 radical (unpaired) electrons. The molecule has 0 atom stereocenters. The number of methoxy groups -OCH3 is 1. The molecule has 0 aliphatic carbocycles. The smallest absolute Gasteiger partial charge is 0.333 e. The van der Waals surface area contributed by atoms with Crippen LogP contribution in [0.25, 0.3) is 0 Å². The average molecular weight is 304 g/mol. The normalized spacial score (nSPS) is 10.4. The van der Waals surface area contributed by atoms with Crippen molar-refractivity contribution < 1.29 is 13.5 Å². The first-order valence-electron chi connectivity index (χ1n) is 5.85. The van der Waals surface area contributed by atoms with E-state index in [0.29, 0.717) is 23.5 Å². The topological polar surface area (TPSA) is 39.1 Å². The molecule has 0 saturated heterocycles. The molecule has 0 unspecified atom stereocenters. The Hall–Kier alpha value is -1.66. The van der Waals surface area contributed by atoms with E-state index in [1.54, 1.807) is 13.2 Å². The van der Waals surface area contributed by atoms with E-state index in [4.69, 9.17) is 4.74 Å². The zero-order valence-corrected chi connectivity index (χ0v) is 11.7. The number of nitrogens with one attached hydrogen (secondary N) is 1. The van der Waals surface area contributed by atoms with Crippen LogP contribution in [-0.2, 0) is 13.1 Å². The summed E-state index contributed by atoms with van der Waals surface area (Å²) in [7, 11) is 1.60. The van der Waals surface area contributed by atoms with Crippen molar-refractivity contribution in [3.8, 4) is 5.75 Å².